The van der Waals surface area contributed by atoms with Crippen LogP contribution in [0.1, 0.15) is 52.9 Å². The third-order valence-electron chi connectivity index (χ3n) is 5.73. The van der Waals surface area contributed by atoms with Crippen LogP contribution < -0.4 is 5.32 Å². The first-order chi connectivity index (χ1) is 9.87. The van der Waals surface area contributed by atoms with Crippen molar-refractivity contribution >= 4 is 12.0 Å². The van der Waals surface area contributed by atoms with Gasteiger partial charge in [-0.05, 0) is 44.4 Å². The molecule has 0 radical (unpaired) electrons. The average molecular weight is 296 g/mol. The molecule has 1 saturated heterocycles. The smallest absolute Gasteiger partial charge is 0.317 e. The van der Waals surface area contributed by atoms with Crippen molar-refractivity contribution in [2.24, 2.45) is 17.3 Å². The number of nitrogens with one attached hydrogen (secondary N) is 1. The van der Waals surface area contributed by atoms with Gasteiger partial charge >= 0.3 is 12.0 Å². The number of carboxylic acids is 1. The van der Waals surface area contributed by atoms with Crippen molar-refractivity contribution in [3.63, 3.8) is 0 Å². The van der Waals surface area contributed by atoms with Gasteiger partial charge in [0.1, 0.15) is 0 Å². The number of amides is 2. The van der Waals surface area contributed by atoms with Gasteiger partial charge in [0.2, 0.25) is 0 Å². The van der Waals surface area contributed by atoms with Gasteiger partial charge in [-0.3, -0.25) is 4.79 Å². The number of hydrogen-bond acceptors (Lipinski definition) is 2. The fourth-order valence-corrected chi connectivity index (χ4v) is 3.69. The van der Waals surface area contributed by atoms with Crippen molar-refractivity contribution in [3.05, 3.63) is 0 Å². The molecule has 2 amide bonds. The second kappa shape index (κ2) is 6.24. The van der Waals surface area contributed by atoms with E-state index in [-0.39, 0.29) is 12.1 Å². The second-order valence-corrected chi connectivity index (χ2v) is 7.01. The van der Waals surface area contributed by atoms with Gasteiger partial charge in [0.05, 0.1) is 5.41 Å². The minimum Gasteiger partial charge on any atom is -0.481 e. The number of nitrogens with zero attached hydrogens (tertiary/aromatic N) is 1. The van der Waals surface area contributed by atoms with E-state index in [1.807, 2.05) is 0 Å². The summed E-state index contributed by atoms with van der Waals surface area (Å²) in [5.74, 6) is 0.498. The SMILES string of the molecule is CCC1CCC(NC(=O)N2CCC(C)(C(=O)O)CC2)C1C. The van der Waals surface area contributed by atoms with Crippen LogP contribution in [0.15, 0.2) is 0 Å². The zero-order chi connectivity index (χ0) is 15.6. The van der Waals surface area contributed by atoms with Crippen molar-refractivity contribution in [3.8, 4) is 0 Å². The Morgan fingerprint density at radius 1 is 1.29 bits per heavy atom. The van der Waals surface area contributed by atoms with Gasteiger partial charge in [-0.15, -0.1) is 0 Å². The van der Waals surface area contributed by atoms with Crippen LogP contribution >= 0.6 is 0 Å². The average Bonchev–Trinajstić information content (AvgIpc) is 2.80. The Morgan fingerprint density at radius 2 is 1.90 bits per heavy atom. The number of piperidine rings is 1. The Kier molecular flexibility index (Phi) is 4.79. The molecule has 1 saturated carbocycles. The molecule has 0 aromatic heterocycles. The maximum Gasteiger partial charge on any atom is 0.317 e. The zero-order valence-electron chi connectivity index (χ0n) is 13.4. The van der Waals surface area contributed by atoms with Crippen LogP contribution in [0.3, 0.4) is 0 Å². The number of urea groups is 1. The van der Waals surface area contributed by atoms with Crippen LogP contribution in [0.5, 0.6) is 0 Å². The van der Waals surface area contributed by atoms with Crippen LogP contribution in [0, 0.1) is 17.3 Å². The van der Waals surface area contributed by atoms with E-state index in [0.29, 0.717) is 37.8 Å². The lowest BCUT2D eigenvalue weighted by molar-refractivity contribution is -0.150. The lowest BCUT2D eigenvalue weighted by atomic mass is 9.80. The molecule has 1 aliphatic carbocycles. The van der Waals surface area contributed by atoms with Crippen molar-refractivity contribution < 1.29 is 14.7 Å². The molecular weight excluding hydrogens is 268 g/mol. The highest BCUT2D eigenvalue weighted by molar-refractivity contribution is 5.77. The number of carbonyl (C=O) groups is 2. The number of carbonyl (C=O) groups excluding carboxylic acids is 1. The van der Waals surface area contributed by atoms with Crippen LogP contribution in [-0.2, 0) is 4.79 Å². The maximum absolute atomic E-state index is 12.3. The molecule has 2 fully saturated rings. The molecule has 120 valence electrons. The Hall–Kier alpha value is -1.26. The van der Waals surface area contributed by atoms with Gasteiger partial charge in [-0.25, -0.2) is 4.79 Å². The molecular formula is C16H28N2O3. The lowest BCUT2D eigenvalue weighted by Crippen LogP contribution is -2.51. The molecule has 1 aliphatic heterocycles. The second-order valence-electron chi connectivity index (χ2n) is 7.01. The topological polar surface area (TPSA) is 69.6 Å². The first-order valence-electron chi connectivity index (χ1n) is 8.16. The van der Waals surface area contributed by atoms with E-state index in [9.17, 15) is 14.7 Å². The quantitative estimate of drug-likeness (QED) is 0.841. The van der Waals surface area contributed by atoms with Gasteiger partial charge in [0, 0.05) is 19.1 Å². The van der Waals surface area contributed by atoms with E-state index in [1.54, 1.807) is 11.8 Å². The summed E-state index contributed by atoms with van der Waals surface area (Å²) >= 11 is 0. The summed E-state index contributed by atoms with van der Waals surface area (Å²) in [6.45, 7) is 7.28. The lowest BCUT2D eigenvalue weighted by Gasteiger charge is -2.37. The predicted octanol–water partition coefficient (Wildman–Crippen LogP) is 2.71. The monoisotopic (exact) mass is 296 g/mol. The number of hydrogen-bond donors (Lipinski definition) is 2. The van der Waals surface area contributed by atoms with Gasteiger partial charge in [0.15, 0.2) is 0 Å². The fraction of sp³-hybridized carbons (Fsp3) is 0.875. The molecule has 3 unspecified atom stereocenters. The van der Waals surface area contributed by atoms with E-state index in [0.717, 1.165) is 6.42 Å². The zero-order valence-corrected chi connectivity index (χ0v) is 13.4. The van der Waals surface area contributed by atoms with E-state index in [1.165, 1.54) is 12.8 Å². The van der Waals surface area contributed by atoms with Gasteiger partial charge in [-0.1, -0.05) is 20.3 Å². The molecule has 2 aliphatic rings. The molecule has 1 heterocycles. The number of aliphatic carboxylic acids is 1. The summed E-state index contributed by atoms with van der Waals surface area (Å²) in [4.78, 5) is 25.3. The van der Waals surface area contributed by atoms with Crippen molar-refractivity contribution in [1.29, 1.82) is 0 Å². The minimum atomic E-state index is -0.752. The normalized spacial score (nSPS) is 32.0. The molecule has 0 aromatic rings. The van der Waals surface area contributed by atoms with Crippen LogP contribution in [-0.4, -0.2) is 41.1 Å². The highest BCUT2D eigenvalue weighted by Gasteiger charge is 2.39. The Balaban J connectivity index is 1.84. The summed E-state index contributed by atoms with van der Waals surface area (Å²) < 4.78 is 0. The van der Waals surface area contributed by atoms with Crippen molar-refractivity contribution in [1.82, 2.24) is 10.2 Å². The summed E-state index contributed by atoms with van der Waals surface area (Å²) in [6.07, 6.45) is 4.50. The summed E-state index contributed by atoms with van der Waals surface area (Å²) in [5.41, 5.74) is -0.676. The van der Waals surface area contributed by atoms with Crippen molar-refractivity contribution in [2.45, 2.75) is 58.9 Å². The molecule has 5 nitrogen and oxygen atoms in total. The highest BCUT2D eigenvalue weighted by atomic mass is 16.4. The van der Waals surface area contributed by atoms with Crippen molar-refractivity contribution in [2.75, 3.05) is 13.1 Å². The molecule has 3 atom stereocenters. The van der Waals surface area contributed by atoms with Crippen LogP contribution in [0.4, 0.5) is 4.79 Å². The maximum atomic E-state index is 12.3. The van der Waals surface area contributed by atoms with Gasteiger partial charge < -0.3 is 15.3 Å². The van der Waals surface area contributed by atoms with E-state index >= 15 is 0 Å². The molecule has 2 N–H and O–H groups in total. The number of rotatable bonds is 3. The number of likely N-dealkylation sites (tertiary alicyclic amines) is 1. The Bertz CT molecular complexity index is 402. The molecule has 0 spiro atoms. The van der Waals surface area contributed by atoms with Gasteiger partial charge in [0.25, 0.3) is 0 Å². The van der Waals surface area contributed by atoms with E-state index in [4.69, 9.17) is 0 Å². The minimum absolute atomic E-state index is 0.0176. The van der Waals surface area contributed by atoms with E-state index < -0.39 is 11.4 Å². The third kappa shape index (κ3) is 3.33. The molecule has 2 rings (SSSR count). The van der Waals surface area contributed by atoms with Crippen LogP contribution in [0.2, 0.25) is 0 Å². The van der Waals surface area contributed by atoms with Crippen LogP contribution in [0.25, 0.3) is 0 Å². The predicted molar refractivity (Wildman–Crippen MR) is 81.0 cm³/mol. The molecule has 0 aromatic carbocycles. The first-order valence-corrected chi connectivity index (χ1v) is 8.16. The first kappa shape index (κ1) is 16.1. The fourth-order valence-electron chi connectivity index (χ4n) is 3.69. The Labute approximate surface area is 127 Å². The Morgan fingerprint density at radius 3 is 2.38 bits per heavy atom. The number of carboxylic acid groups (broad SMARTS) is 1. The largest absolute Gasteiger partial charge is 0.481 e. The highest BCUT2D eigenvalue weighted by Crippen LogP contribution is 2.34. The molecule has 21 heavy (non-hydrogen) atoms. The third-order valence-corrected chi connectivity index (χ3v) is 5.73. The standard InChI is InChI=1S/C16H28N2O3/c1-4-12-5-6-13(11(12)2)17-15(21)18-9-7-16(3,8-10-18)14(19)20/h11-13H,4-10H2,1-3H3,(H,17,21)(H,19,20). The summed E-state index contributed by atoms with van der Waals surface area (Å²) in [5, 5.41) is 12.4. The molecule has 0 bridgehead atoms. The molecule has 5 heteroatoms. The van der Waals surface area contributed by atoms with E-state index in [2.05, 4.69) is 19.2 Å². The summed E-state index contributed by atoms with van der Waals surface area (Å²) in [6, 6.07) is 0.256. The van der Waals surface area contributed by atoms with Gasteiger partial charge in [-0.2, -0.15) is 0 Å². The summed E-state index contributed by atoms with van der Waals surface area (Å²) in [7, 11) is 0.